The third-order valence-corrected chi connectivity index (χ3v) is 6.65. The number of nitriles is 1. The number of rotatable bonds is 5. The molecule has 5 rings (SSSR count). The zero-order valence-corrected chi connectivity index (χ0v) is 19.1. The standard InChI is InChI=1S/C27H19N3O3S/c1-2-17-9-12-21-19(14-25(31)33-24(21)13-17)16-34-27-29-23-6-4-3-5-22(23)26(32)30(27)20-10-7-18(15-28)8-11-20/h3-14H,2,16H2,1H3. The Hall–Kier alpha value is -4.15. The Balaban J connectivity index is 1.62. The minimum absolute atomic E-state index is 0.192. The molecule has 0 aliphatic heterocycles. The first kappa shape index (κ1) is 21.7. The van der Waals surface area contributed by atoms with Gasteiger partial charge >= 0.3 is 5.63 Å². The van der Waals surface area contributed by atoms with Crippen LogP contribution in [0.5, 0.6) is 0 Å². The van der Waals surface area contributed by atoms with E-state index in [0.717, 1.165) is 22.9 Å². The van der Waals surface area contributed by atoms with Gasteiger partial charge < -0.3 is 4.42 Å². The second-order valence-corrected chi connectivity index (χ2v) is 8.72. The number of benzene rings is 3. The summed E-state index contributed by atoms with van der Waals surface area (Å²) in [6.45, 7) is 2.05. The highest BCUT2D eigenvalue weighted by Crippen LogP contribution is 2.28. The van der Waals surface area contributed by atoms with E-state index >= 15 is 0 Å². The molecule has 2 aromatic heterocycles. The average Bonchev–Trinajstić information content (AvgIpc) is 2.87. The molecule has 34 heavy (non-hydrogen) atoms. The molecule has 6 nitrogen and oxygen atoms in total. The lowest BCUT2D eigenvalue weighted by molar-refractivity contribution is 0.559. The van der Waals surface area contributed by atoms with Crippen molar-refractivity contribution in [3.63, 3.8) is 0 Å². The van der Waals surface area contributed by atoms with Gasteiger partial charge in [0.05, 0.1) is 28.2 Å². The maximum Gasteiger partial charge on any atom is 0.336 e. The molecule has 3 aromatic carbocycles. The average molecular weight is 466 g/mol. The van der Waals surface area contributed by atoms with Crippen molar-refractivity contribution in [3.8, 4) is 11.8 Å². The number of nitrogens with zero attached hydrogens (tertiary/aromatic N) is 3. The highest BCUT2D eigenvalue weighted by Gasteiger charge is 2.15. The fourth-order valence-corrected chi connectivity index (χ4v) is 4.88. The monoisotopic (exact) mass is 465 g/mol. The van der Waals surface area contributed by atoms with Crippen molar-refractivity contribution in [2.45, 2.75) is 24.3 Å². The molecule has 0 aliphatic rings. The van der Waals surface area contributed by atoms with Crippen LogP contribution in [0.15, 0.2) is 92.0 Å². The number of aromatic nitrogens is 2. The predicted molar refractivity (Wildman–Crippen MR) is 133 cm³/mol. The van der Waals surface area contributed by atoms with Crippen LogP contribution in [0.3, 0.4) is 0 Å². The summed E-state index contributed by atoms with van der Waals surface area (Å²) in [5.74, 6) is 0.425. The normalized spacial score (nSPS) is 11.1. The summed E-state index contributed by atoms with van der Waals surface area (Å²) >= 11 is 1.37. The van der Waals surface area contributed by atoms with Crippen molar-refractivity contribution in [2.24, 2.45) is 0 Å². The van der Waals surface area contributed by atoms with Crippen LogP contribution in [0.1, 0.15) is 23.6 Å². The van der Waals surface area contributed by atoms with E-state index in [9.17, 15) is 9.59 Å². The number of aryl methyl sites for hydroxylation is 1. The van der Waals surface area contributed by atoms with Gasteiger partial charge in [0, 0.05) is 17.2 Å². The molecule has 0 fully saturated rings. The molecule has 0 saturated carbocycles. The molecule has 0 unspecified atom stereocenters. The highest BCUT2D eigenvalue weighted by atomic mass is 32.2. The molecule has 2 heterocycles. The second kappa shape index (κ2) is 9.00. The first-order chi connectivity index (χ1) is 16.6. The largest absolute Gasteiger partial charge is 0.423 e. The maximum absolute atomic E-state index is 13.4. The zero-order valence-electron chi connectivity index (χ0n) is 18.3. The molecular formula is C27H19N3O3S. The van der Waals surface area contributed by atoms with Gasteiger partial charge in [-0.25, -0.2) is 9.78 Å². The molecule has 0 spiro atoms. The Bertz CT molecular complexity index is 1700. The highest BCUT2D eigenvalue weighted by molar-refractivity contribution is 7.98. The van der Waals surface area contributed by atoms with E-state index in [1.807, 2.05) is 37.3 Å². The molecule has 0 radical (unpaired) electrons. The molecule has 0 atom stereocenters. The minimum Gasteiger partial charge on any atom is -0.423 e. The Morgan fingerprint density at radius 1 is 1.00 bits per heavy atom. The van der Waals surface area contributed by atoms with Crippen LogP contribution in [-0.2, 0) is 12.2 Å². The Labute approximate surface area is 199 Å². The van der Waals surface area contributed by atoms with E-state index < -0.39 is 5.63 Å². The zero-order chi connectivity index (χ0) is 23.7. The van der Waals surface area contributed by atoms with Crippen LogP contribution >= 0.6 is 11.8 Å². The van der Waals surface area contributed by atoms with Crippen molar-refractivity contribution in [2.75, 3.05) is 0 Å². The molecule has 5 aromatic rings. The van der Waals surface area contributed by atoms with Crippen molar-refractivity contribution in [1.82, 2.24) is 9.55 Å². The van der Waals surface area contributed by atoms with Gasteiger partial charge in [-0.2, -0.15) is 5.26 Å². The summed E-state index contributed by atoms with van der Waals surface area (Å²) in [6, 6.07) is 23.5. The van der Waals surface area contributed by atoms with Crippen molar-refractivity contribution in [3.05, 3.63) is 110 Å². The van der Waals surface area contributed by atoms with Crippen LogP contribution in [0.25, 0.3) is 27.6 Å². The Morgan fingerprint density at radius 3 is 2.56 bits per heavy atom. The molecular weight excluding hydrogens is 446 g/mol. The van der Waals surface area contributed by atoms with Crippen LogP contribution in [-0.4, -0.2) is 9.55 Å². The second-order valence-electron chi connectivity index (χ2n) is 7.77. The van der Waals surface area contributed by atoms with Gasteiger partial charge in [-0.3, -0.25) is 9.36 Å². The number of hydrogen-bond acceptors (Lipinski definition) is 6. The summed E-state index contributed by atoms with van der Waals surface area (Å²) in [6.07, 6.45) is 0.844. The third kappa shape index (κ3) is 4.00. The predicted octanol–water partition coefficient (Wildman–Crippen LogP) is 5.22. The fourth-order valence-electron chi connectivity index (χ4n) is 3.88. The smallest absolute Gasteiger partial charge is 0.336 e. The first-order valence-electron chi connectivity index (χ1n) is 10.8. The Kier molecular flexibility index (Phi) is 5.74. The number of fused-ring (bicyclic) bond motifs is 2. The lowest BCUT2D eigenvalue weighted by atomic mass is 10.1. The van der Waals surface area contributed by atoms with Crippen molar-refractivity contribution >= 4 is 33.6 Å². The summed E-state index contributed by atoms with van der Waals surface area (Å²) in [4.78, 5) is 30.4. The van der Waals surface area contributed by atoms with Crippen LogP contribution < -0.4 is 11.2 Å². The van der Waals surface area contributed by atoms with Gasteiger partial charge in [-0.15, -0.1) is 0 Å². The lowest BCUT2D eigenvalue weighted by Crippen LogP contribution is -2.21. The van der Waals surface area contributed by atoms with Gasteiger partial charge in [0.1, 0.15) is 5.58 Å². The van der Waals surface area contributed by atoms with Gasteiger partial charge in [0.25, 0.3) is 5.56 Å². The first-order valence-corrected chi connectivity index (χ1v) is 11.8. The summed E-state index contributed by atoms with van der Waals surface area (Å²) in [7, 11) is 0. The summed E-state index contributed by atoms with van der Waals surface area (Å²) < 4.78 is 6.98. The number of hydrogen-bond donors (Lipinski definition) is 0. The van der Waals surface area contributed by atoms with Gasteiger partial charge in [-0.1, -0.05) is 43.0 Å². The quantitative estimate of drug-likeness (QED) is 0.201. The minimum atomic E-state index is -0.410. The molecule has 0 saturated heterocycles. The van der Waals surface area contributed by atoms with Crippen LogP contribution in [0.4, 0.5) is 0 Å². The lowest BCUT2D eigenvalue weighted by Gasteiger charge is -2.14. The topological polar surface area (TPSA) is 88.9 Å². The van der Waals surface area contributed by atoms with E-state index in [0.29, 0.717) is 38.6 Å². The number of thioether (sulfide) groups is 1. The van der Waals surface area contributed by atoms with E-state index in [1.165, 1.54) is 17.8 Å². The van der Waals surface area contributed by atoms with Crippen LogP contribution in [0, 0.1) is 11.3 Å². The molecule has 166 valence electrons. The summed E-state index contributed by atoms with van der Waals surface area (Å²) in [5.41, 5.74) is 3.58. The molecule has 7 heteroatoms. The van der Waals surface area contributed by atoms with E-state index in [1.54, 1.807) is 41.0 Å². The molecule has 0 N–H and O–H groups in total. The fraction of sp³-hybridized carbons (Fsp3) is 0.111. The van der Waals surface area contributed by atoms with Crippen molar-refractivity contribution in [1.29, 1.82) is 5.26 Å². The van der Waals surface area contributed by atoms with E-state index in [4.69, 9.17) is 14.7 Å². The Morgan fingerprint density at radius 2 is 1.79 bits per heavy atom. The maximum atomic E-state index is 13.4. The van der Waals surface area contributed by atoms with Crippen LogP contribution in [0.2, 0.25) is 0 Å². The molecule has 0 amide bonds. The van der Waals surface area contributed by atoms with E-state index in [2.05, 4.69) is 6.07 Å². The van der Waals surface area contributed by atoms with Gasteiger partial charge in [0.2, 0.25) is 0 Å². The van der Waals surface area contributed by atoms with Crippen molar-refractivity contribution < 1.29 is 4.42 Å². The molecule has 0 bridgehead atoms. The summed E-state index contributed by atoms with van der Waals surface area (Å²) in [5, 5.41) is 11.0. The third-order valence-electron chi connectivity index (χ3n) is 5.66. The SMILES string of the molecule is CCc1ccc2c(CSc3nc4ccccc4c(=O)n3-c3ccc(C#N)cc3)cc(=O)oc2c1. The van der Waals surface area contributed by atoms with Gasteiger partial charge in [-0.05, 0) is 60.0 Å². The number of para-hydroxylation sites is 1. The molecule has 0 aliphatic carbocycles. The van der Waals surface area contributed by atoms with E-state index in [-0.39, 0.29) is 5.56 Å². The van der Waals surface area contributed by atoms with Gasteiger partial charge in [0.15, 0.2) is 5.16 Å².